The largest absolute Gasteiger partial charge is 0.370 e. The van der Waals surface area contributed by atoms with Crippen molar-refractivity contribution in [1.29, 1.82) is 0 Å². The van der Waals surface area contributed by atoms with Crippen LogP contribution >= 0.6 is 35.7 Å². The highest BCUT2D eigenvalue weighted by Crippen LogP contribution is 2.22. The van der Waals surface area contributed by atoms with Crippen molar-refractivity contribution in [2.75, 3.05) is 6.26 Å². The summed E-state index contributed by atoms with van der Waals surface area (Å²) < 4.78 is 0. The van der Waals surface area contributed by atoms with Crippen LogP contribution in [0.3, 0.4) is 0 Å². The molecule has 0 unspecified atom stereocenters. The molecule has 0 saturated heterocycles. The maximum atomic E-state index is 6.01. The molecule has 2 rings (SSSR count). The summed E-state index contributed by atoms with van der Waals surface area (Å²) in [6.07, 6.45) is 8.51. The van der Waals surface area contributed by atoms with Gasteiger partial charge in [0.2, 0.25) is 0 Å². The first kappa shape index (κ1) is 18.6. The molecule has 1 fully saturated rings. The van der Waals surface area contributed by atoms with E-state index in [-0.39, 0.29) is 24.0 Å². The van der Waals surface area contributed by atoms with E-state index in [1.54, 1.807) is 11.8 Å². The van der Waals surface area contributed by atoms with Crippen molar-refractivity contribution in [2.45, 2.75) is 56.5 Å². The Balaban J connectivity index is 0.00000220. The molecule has 0 aliphatic heterocycles. The molecule has 0 atom stereocenters. The number of halogens is 1. The fourth-order valence-corrected chi connectivity index (χ4v) is 3.35. The fourth-order valence-electron chi connectivity index (χ4n) is 2.65. The SMILES string of the molecule is CSc1cc(C)ccc1CN=C(N)NC1CCCCC1.I. The minimum atomic E-state index is 0. The number of guanidine groups is 1. The zero-order chi connectivity index (χ0) is 14.4. The summed E-state index contributed by atoms with van der Waals surface area (Å²) >= 11 is 1.77. The molecule has 118 valence electrons. The van der Waals surface area contributed by atoms with E-state index in [1.807, 2.05) is 0 Å². The van der Waals surface area contributed by atoms with Gasteiger partial charge in [0, 0.05) is 10.9 Å². The van der Waals surface area contributed by atoms with Gasteiger partial charge in [-0.15, -0.1) is 35.7 Å². The van der Waals surface area contributed by atoms with E-state index >= 15 is 0 Å². The molecule has 5 heteroatoms. The summed E-state index contributed by atoms with van der Waals surface area (Å²) in [7, 11) is 0. The Morgan fingerprint density at radius 3 is 2.71 bits per heavy atom. The summed E-state index contributed by atoms with van der Waals surface area (Å²) in [5.41, 5.74) is 8.54. The van der Waals surface area contributed by atoms with Crippen molar-refractivity contribution < 1.29 is 0 Å². The number of nitrogens with two attached hydrogens (primary N) is 1. The van der Waals surface area contributed by atoms with Crippen LogP contribution in [-0.4, -0.2) is 18.3 Å². The maximum absolute atomic E-state index is 6.01. The maximum Gasteiger partial charge on any atom is 0.189 e. The van der Waals surface area contributed by atoms with E-state index in [0.717, 1.165) is 0 Å². The molecule has 3 nitrogen and oxygen atoms in total. The smallest absolute Gasteiger partial charge is 0.189 e. The zero-order valence-electron chi connectivity index (χ0n) is 12.9. The average molecular weight is 419 g/mol. The summed E-state index contributed by atoms with van der Waals surface area (Å²) in [5.74, 6) is 0.588. The van der Waals surface area contributed by atoms with Crippen molar-refractivity contribution in [2.24, 2.45) is 10.7 Å². The molecule has 0 spiro atoms. The fraction of sp³-hybridized carbons (Fsp3) is 0.562. The van der Waals surface area contributed by atoms with Gasteiger partial charge in [0.1, 0.15) is 0 Å². The summed E-state index contributed by atoms with van der Waals surface area (Å²) in [6.45, 7) is 2.77. The molecule has 1 aliphatic rings. The van der Waals surface area contributed by atoms with Gasteiger partial charge >= 0.3 is 0 Å². The number of nitrogens with one attached hydrogen (secondary N) is 1. The molecular weight excluding hydrogens is 393 g/mol. The van der Waals surface area contributed by atoms with Gasteiger partial charge in [-0.2, -0.15) is 0 Å². The molecule has 1 saturated carbocycles. The van der Waals surface area contributed by atoms with E-state index in [2.05, 4.69) is 41.7 Å². The van der Waals surface area contributed by atoms with E-state index in [1.165, 1.54) is 48.1 Å². The molecule has 3 N–H and O–H groups in total. The third-order valence-corrected chi connectivity index (χ3v) is 4.64. The lowest BCUT2D eigenvalue weighted by molar-refractivity contribution is 0.412. The van der Waals surface area contributed by atoms with Crippen molar-refractivity contribution in [3.05, 3.63) is 29.3 Å². The van der Waals surface area contributed by atoms with Crippen LogP contribution in [0.25, 0.3) is 0 Å². The first-order valence-corrected chi connectivity index (χ1v) is 8.61. The Morgan fingerprint density at radius 2 is 2.05 bits per heavy atom. The second-order valence-electron chi connectivity index (χ2n) is 5.50. The highest BCUT2D eigenvalue weighted by atomic mass is 127. The number of aliphatic imine (C=N–C) groups is 1. The van der Waals surface area contributed by atoms with Crippen molar-refractivity contribution in [3.8, 4) is 0 Å². The third-order valence-electron chi connectivity index (χ3n) is 3.82. The van der Waals surface area contributed by atoms with Gasteiger partial charge in [-0.1, -0.05) is 31.4 Å². The molecule has 0 heterocycles. The predicted octanol–water partition coefficient (Wildman–Crippen LogP) is 4.07. The Kier molecular flexibility index (Phi) is 8.48. The van der Waals surface area contributed by atoms with Crippen LogP contribution < -0.4 is 11.1 Å². The molecule has 0 bridgehead atoms. The monoisotopic (exact) mass is 419 g/mol. The number of aryl methyl sites for hydroxylation is 1. The standard InChI is InChI=1S/C16H25N3S.HI/c1-12-8-9-13(15(10-12)20-2)11-18-16(17)19-14-6-4-3-5-7-14;/h8-10,14H,3-7,11H2,1-2H3,(H3,17,18,19);1H. The number of rotatable bonds is 4. The van der Waals surface area contributed by atoms with E-state index in [4.69, 9.17) is 5.73 Å². The normalized spacial score (nSPS) is 16.4. The lowest BCUT2D eigenvalue weighted by atomic mass is 9.96. The number of hydrogen-bond acceptors (Lipinski definition) is 2. The van der Waals surface area contributed by atoms with Crippen molar-refractivity contribution >= 4 is 41.7 Å². The number of nitrogens with zero attached hydrogens (tertiary/aromatic N) is 1. The zero-order valence-corrected chi connectivity index (χ0v) is 16.0. The summed E-state index contributed by atoms with van der Waals surface area (Å²) in [5, 5.41) is 3.36. The lowest BCUT2D eigenvalue weighted by Gasteiger charge is -2.23. The highest BCUT2D eigenvalue weighted by Gasteiger charge is 2.13. The molecule has 21 heavy (non-hydrogen) atoms. The molecule has 0 aromatic heterocycles. The first-order valence-electron chi connectivity index (χ1n) is 7.39. The van der Waals surface area contributed by atoms with Crippen molar-refractivity contribution in [1.82, 2.24) is 5.32 Å². The highest BCUT2D eigenvalue weighted by molar-refractivity contribution is 14.0. The van der Waals surface area contributed by atoms with Crippen LogP contribution in [0.2, 0.25) is 0 Å². The number of hydrogen-bond donors (Lipinski definition) is 2. The predicted molar refractivity (Wildman–Crippen MR) is 104 cm³/mol. The molecule has 1 aliphatic carbocycles. The Bertz CT molecular complexity index is 471. The van der Waals surface area contributed by atoms with Crippen LogP contribution in [0, 0.1) is 6.92 Å². The van der Waals surface area contributed by atoms with Crippen LogP contribution in [0.15, 0.2) is 28.1 Å². The van der Waals surface area contributed by atoms with Gasteiger partial charge in [0.05, 0.1) is 6.54 Å². The second kappa shape index (κ2) is 9.56. The van der Waals surface area contributed by atoms with E-state index in [9.17, 15) is 0 Å². The molecule has 0 radical (unpaired) electrons. The van der Waals surface area contributed by atoms with Crippen LogP contribution in [0.1, 0.15) is 43.2 Å². The van der Waals surface area contributed by atoms with Gasteiger partial charge < -0.3 is 11.1 Å². The van der Waals surface area contributed by atoms with Crippen LogP contribution in [0.4, 0.5) is 0 Å². The number of benzene rings is 1. The average Bonchev–Trinajstić information content (AvgIpc) is 2.47. The third kappa shape index (κ3) is 6.06. The van der Waals surface area contributed by atoms with Gasteiger partial charge in [-0.3, -0.25) is 0 Å². The quantitative estimate of drug-likeness (QED) is 0.335. The Morgan fingerprint density at radius 1 is 1.33 bits per heavy atom. The van der Waals surface area contributed by atoms with Gasteiger partial charge in [0.25, 0.3) is 0 Å². The Hall–Kier alpha value is -0.430. The first-order chi connectivity index (χ1) is 9.69. The topological polar surface area (TPSA) is 50.4 Å². The van der Waals surface area contributed by atoms with Gasteiger partial charge in [-0.05, 0) is 43.2 Å². The van der Waals surface area contributed by atoms with E-state index in [0.29, 0.717) is 18.5 Å². The molecular formula is C16H26IN3S. The molecule has 0 amide bonds. The minimum absolute atomic E-state index is 0. The Labute approximate surface area is 149 Å². The number of thioether (sulfide) groups is 1. The van der Waals surface area contributed by atoms with E-state index < -0.39 is 0 Å². The van der Waals surface area contributed by atoms with Crippen molar-refractivity contribution in [3.63, 3.8) is 0 Å². The molecule has 1 aromatic carbocycles. The summed E-state index contributed by atoms with van der Waals surface area (Å²) in [4.78, 5) is 5.79. The van der Waals surface area contributed by atoms with Crippen LogP contribution in [-0.2, 0) is 6.54 Å². The lowest BCUT2D eigenvalue weighted by Crippen LogP contribution is -2.41. The minimum Gasteiger partial charge on any atom is -0.370 e. The van der Waals surface area contributed by atoms with Crippen LogP contribution in [0.5, 0.6) is 0 Å². The van der Waals surface area contributed by atoms with Gasteiger partial charge in [0.15, 0.2) is 5.96 Å². The molecule has 1 aromatic rings. The second-order valence-corrected chi connectivity index (χ2v) is 6.34. The summed E-state index contributed by atoms with van der Waals surface area (Å²) in [6, 6.07) is 7.01. The van der Waals surface area contributed by atoms with Gasteiger partial charge in [-0.25, -0.2) is 4.99 Å².